The Morgan fingerprint density at radius 3 is 2.90 bits per heavy atom. The Balaban J connectivity index is 2.63. The van der Waals surface area contributed by atoms with Gasteiger partial charge in [-0.05, 0) is 18.6 Å². The topological polar surface area (TPSA) is 95.2 Å². The number of aliphatic hydroxyl groups excluding tert-OH is 1. The molecular weight excluding hydrogens is 258 g/mol. The Hall–Kier alpha value is -2.81. The normalized spacial score (nSPS) is 18.4. The third kappa shape index (κ3) is 2.21. The molecular formula is C14H13N3O3. The highest BCUT2D eigenvalue weighted by Gasteiger charge is 2.35. The predicted molar refractivity (Wildman–Crippen MR) is 70.1 cm³/mol. The molecule has 0 saturated heterocycles. The fourth-order valence-electron chi connectivity index (χ4n) is 2.19. The molecule has 2 heterocycles. The second kappa shape index (κ2) is 5.45. The van der Waals surface area contributed by atoms with E-state index in [9.17, 15) is 15.2 Å². The minimum Gasteiger partial charge on any atom is -0.494 e. The summed E-state index contributed by atoms with van der Waals surface area (Å²) in [4.78, 5) is 16.0. The summed E-state index contributed by atoms with van der Waals surface area (Å²) in [5.41, 5.74) is 1.43. The molecule has 6 heteroatoms. The first-order valence-electron chi connectivity index (χ1n) is 5.89. The Kier molecular flexibility index (Phi) is 3.71. The number of allylic oxidation sites excluding steroid dienone is 2. The van der Waals surface area contributed by atoms with Crippen LogP contribution in [0.1, 0.15) is 18.4 Å². The molecule has 0 spiro atoms. The zero-order valence-corrected chi connectivity index (χ0v) is 11.0. The van der Waals surface area contributed by atoms with E-state index >= 15 is 0 Å². The van der Waals surface area contributed by atoms with Crippen LogP contribution in [0.2, 0.25) is 0 Å². The molecule has 2 N–H and O–H groups in total. The maximum Gasteiger partial charge on any atom is 0.336 e. The number of dihydropyridines is 1. The predicted octanol–water partition coefficient (Wildman–Crippen LogP) is 1.51. The summed E-state index contributed by atoms with van der Waals surface area (Å²) in [6.45, 7) is 1.64. The zero-order chi connectivity index (χ0) is 14.7. The molecule has 2 rings (SSSR count). The van der Waals surface area contributed by atoms with Gasteiger partial charge in [-0.2, -0.15) is 5.26 Å². The number of nitrogens with one attached hydrogen (secondary N) is 1. The van der Waals surface area contributed by atoms with Gasteiger partial charge in [0.05, 0.1) is 18.6 Å². The van der Waals surface area contributed by atoms with Crippen molar-refractivity contribution in [3.8, 4) is 6.07 Å². The molecule has 0 bridgehead atoms. The Labute approximate surface area is 116 Å². The molecule has 0 radical (unpaired) electrons. The molecule has 1 aliphatic heterocycles. The maximum absolute atomic E-state index is 12.0. The lowest BCUT2D eigenvalue weighted by atomic mass is 9.83. The van der Waals surface area contributed by atoms with E-state index < -0.39 is 11.9 Å². The first-order chi connectivity index (χ1) is 9.60. The Bertz CT molecular complexity index is 641. The molecule has 0 fully saturated rings. The van der Waals surface area contributed by atoms with Crippen molar-refractivity contribution in [1.82, 2.24) is 10.3 Å². The van der Waals surface area contributed by atoms with Crippen molar-refractivity contribution in [2.75, 3.05) is 7.11 Å². The van der Waals surface area contributed by atoms with Crippen LogP contribution in [0.15, 0.2) is 47.3 Å². The molecule has 0 unspecified atom stereocenters. The minimum atomic E-state index is -0.692. The van der Waals surface area contributed by atoms with Crippen LogP contribution < -0.4 is 5.32 Å². The molecule has 0 saturated carbocycles. The number of methoxy groups -OCH3 is 1. The van der Waals surface area contributed by atoms with Crippen molar-refractivity contribution in [2.45, 2.75) is 12.8 Å². The molecule has 0 amide bonds. The van der Waals surface area contributed by atoms with Gasteiger partial charge in [0.2, 0.25) is 5.88 Å². The van der Waals surface area contributed by atoms with E-state index in [1.165, 1.54) is 7.11 Å². The maximum atomic E-state index is 12.0. The summed E-state index contributed by atoms with van der Waals surface area (Å²) < 4.78 is 4.77. The highest BCUT2D eigenvalue weighted by molar-refractivity contribution is 5.92. The van der Waals surface area contributed by atoms with Crippen molar-refractivity contribution in [3.63, 3.8) is 0 Å². The second-order valence-electron chi connectivity index (χ2n) is 4.25. The highest BCUT2D eigenvalue weighted by Crippen LogP contribution is 2.37. The fraction of sp³-hybridized carbons (Fsp3) is 0.214. The van der Waals surface area contributed by atoms with Crippen LogP contribution in [-0.2, 0) is 9.53 Å². The molecule has 1 aromatic heterocycles. The molecule has 1 atom stereocenters. The summed E-state index contributed by atoms with van der Waals surface area (Å²) in [6.07, 6.45) is 3.14. The number of rotatable bonds is 2. The number of nitriles is 1. The summed E-state index contributed by atoms with van der Waals surface area (Å²) in [7, 11) is 1.27. The molecule has 1 aromatic rings. The van der Waals surface area contributed by atoms with Gasteiger partial charge in [0, 0.05) is 18.1 Å². The number of esters is 1. The number of carbonyl (C=O) groups excluding carboxylic acids is 1. The molecule has 6 nitrogen and oxygen atoms in total. The van der Waals surface area contributed by atoms with Gasteiger partial charge >= 0.3 is 5.97 Å². The van der Waals surface area contributed by atoms with Gasteiger partial charge in [-0.15, -0.1) is 0 Å². The molecule has 102 valence electrons. The van der Waals surface area contributed by atoms with Gasteiger partial charge in [0.15, 0.2) is 0 Å². The monoisotopic (exact) mass is 271 g/mol. The molecule has 20 heavy (non-hydrogen) atoms. The van der Waals surface area contributed by atoms with Crippen LogP contribution in [0.4, 0.5) is 0 Å². The third-order valence-electron chi connectivity index (χ3n) is 3.09. The van der Waals surface area contributed by atoms with E-state index in [0.717, 1.165) is 0 Å². The van der Waals surface area contributed by atoms with Gasteiger partial charge in [0.1, 0.15) is 11.6 Å². The van der Waals surface area contributed by atoms with Gasteiger partial charge in [-0.1, -0.05) is 6.07 Å². The van der Waals surface area contributed by atoms with Crippen LogP contribution in [0, 0.1) is 11.3 Å². The van der Waals surface area contributed by atoms with Crippen molar-refractivity contribution in [2.24, 2.45) is 0 Å². The number of pyridine rings is 1. The Morgan fingerprint density at radius 2 is 2.35 bits per heavy atom. The lowest BCUT2D eigenvalue weighted by Gasteiger charge is -2.26. The van der Waals surface area contributed by atoms with Gasteiger partial charge in [-0.3, -0.25) is 4.98 Å². The first kappa shape index (κ1) is 13.6. The summed E-state index contributed by atoms with van der Waals surface area (Å²) in [5, 5.41) is 21.7. The standard InChI is InChI=1S/C14H13N3O3/c1-8-11(14(19)20-2)12(9-4-3-5-16-7-9)10(6-15)13(18)17-8/h3-5,7,12,17-18H,1-2H3/t12-/m1/s1. The number of aliphatic hydroxyl groups is 1. The van der Waals surface area contributed by atoms with Crippen molar-refractivity contribution < 1.29 is 14.6 Å². The lowest BCUT2D eigenvalue weighted by Crippen LogP contribution is -2.29. The smallest absolute Gasteiger partial charge is 0.336 e. The van der Waals surface area contributed by atoms with Gasteiger partial charge in [0.25, 0.3) is 0 Å². The molecule has 1 aliphatic rings. The second-order valence-corrected chi connectivity index (χ2v) is 4.25. The largest absolute Gasteiger partial charge is 0.494 e. The first-order valence-corrected chi connectivity index (χ1v) is 5.89. The highest BCUT2D eigenvalue weighted by atomic mass is 16.5. The van der Waals surface area contributed by atoms with Crippen molar-refractivity contribution >= 4 is 5.97 Å². The minimum absolute atomic E-state index is 0.0593. The van der Waals surface area contributed by atoms with E-state index in [4.69, 9.17) is 4.74 Å². The average Bonchev–Trinajstić information content (AvgIpc) is 2.46. The van der Waals surface area contributed by atoms with E-state index in [2.05, 4.69) is 10.3 Å². The van der Waals surface area contributed by atoms with Gasteiger partial charge < -0.3 is 15.2 Å². The number of nitrogens with zero attached hydrogens (tertiary/aromatic N) is 2. The summed E-state index contributed by atoms with van der Waals surface area (Å²) in [5.74, 6) is -1.50. The number of ether oxygens (including phenoxy) is 1. The van der Waals surface area contributed by atoms with Crippen LogP contribution in [0.25, 0.3) is 0 Å². The van der Waals surface area contributed by atoms with E-state index in [1.807, 2.05) is 6.07 Å². The van der Waals surface area contributed by atoms with E-state index in [0.29, 0.717) is 11.3 Å². The quantitative estimate of drug-likeness (QED) is 0.792. The van der Waals surface area contributed by atoms with E-state index in [-0.39, 0.29) is 17.0 Å². The van der Waals surface area contributed by atoms with E-state index in [1.54, 1.807) is 31.5 Å². The van der Waals surface area contributed by atoms with Crippen LogP contribution in [0.3, 0.4) is 0 Å². The van der Waals surface area contributed by atoms with Crippen molar-refractivity contribution in [3.05, 3.63) is 52.8 Å². The fourth-order valence-corrected chi connectivity index (χ4v) is 2.19. The van der Waals surface area contributed by atoms with Crippen LogP contribution >= 0.6 is 0 Å². The average molecular weight is 271 g/mol. The number of hydrogen-bond acceptors (Lipinski definition) is 6. The summed E-state index contributed by atoms with van der Waals surface area (Å²) >= 11 is 0. The lowest BCUT2D eigenvalue weighted by molar-refractivity contribution is -0.136. The van der Waals surface area contributed by atoms with Crippen molar-refractivity contribution in [1.29, 1.82) is 5.26 Å². The van der Waals surface area contributed by atoms with Gasteiger partial charge in [-0.25, -0.2) is 4.79 Å². The number of aromatic nitrogens is 1. The SMILES string of the molecule is COC(=O)C1=C(C)NC(O)=C(C#N)[C@H]1c1cccnc1. The molecule has 0 aliphatic carbocycles. The van der Waals surface area contributed by atoms with Crippen LogP contribution in [0.5, 0.6) is 0 Å². The zero-order valence-electron chi connectivity index (χ0n) is 11.0. The third-order valence-corrected chi connectivity index (χ3v) is 3.09. The molecule has 0 aromatic carbocycles. The number of hydrogen-bond donors (Lipinski definition) is 2. The number of carbonyl (C=O) groups is 1. The van der Waals surface area contributed by atoms with Crippen LogP contribution in [-0.4, -0.2) is 23.2 Å². The Morgan fingerprint density at radius 1 is 1.60 bits per heavy atom. The summed E-state index contributed by atoms with van der Waals surface area (Å²) in [6, 6.07) is 5.37.